The lowest BCUT2D eigenvalue weighted by atomic mass is 9.65. The molecule has 104 valence electrons. The third-order valence-corrected chi connectivity index (χ3v) is 4.25. The highest BCUT2D eigenvalue weighted by molar-refractivity contribution is 5.72. The van der Waals surface area contributed by atoms with Gasteiger partial charge in [0.2, 0.25) is 0 Å². The van der Waals surface area contributed by atoms with Crippen LogP contribution in [0, 0.1) is 11.3 Å². The van der Waals surface area contributed by atoms with Crippen molar-refractivity contribution < 1.29 is 14.6 Å². The smallest absolute Gasteiger partial charge is 0.307 e. The average molecular weight is 262 g/mol. The molecule has 0 spiro atoms. The molecular weight excluding hydrogens is 240 g/mol. The van der Waals surface area contributed by atoms with E-state index >= 15 is 0 Å². The Morgan fingerprint density at radius 3 is 2.68 bits per heavy atom. The second-order valence-corrected chi connectivity index (χ2v) is 6.20. The number of hydrogen-bond acceptors (Lipinski definition) is 2. The summed E-state index contributed by atoms with van der Waals surface area (Å²) in [5.74, 6) is -0.149. The molecule has 3 heteroatoms. The number of aliphatic carboxylic acids is 1. The van der Waals surface area contributed by atoms with Gasteiger partial charge in [0, 0.05) is 5.92 Å². The Kier molecular flexibility index (Phi) is 3.83. The number of benzene rings is 1. The number of para-hydroxylation sites is 1. The van der Waals surface area contributed by atoms with Gasteiger partial charge in [0.05, 0.1) is 13.0 Å². The lowest BCUT2D eigenvalue weighted by Gasteiger charge is -2.39. The van der Waals surface area contributed by atoms with Crippen molar-refractivity contribution in [1.82, 2.24) is 0 Å². The number of hydrogen-bond donors (Lipinski definition) is 1. The SMILES string of the molecule is COc1ccccc1C1CC(C)(C)CCC1C(=O)O. The molecule has 1 aliphatic rings. The van der Waals surface area contributed by atoms with Crippen molar-refractivity contribution >= 4 is 5.97 Å². The molecule has 2 rings (SSSR count). The molecule has 1 aromatic carbocycles. The normalized spacial score (nSPS) is 25.8. The van der Waals surface area contributed by atoms with E-state index in [0.29, 0.717) is 0 Å². The van der Waals surface area contributed by atoms with E-state index in [-0.39, 0.29) is 17.3 Å². The topological polar surface area (TPSA) is 46.5 Å². The monoisotopic (exact) mass is 262 g/mol. The van der Waals surface area contributed by atoms with E-state index in [0.717, 1.165) is 30.6 Å². The van der Waals surface area contributed by atoms with Crippen LogP contribution in [-0.2, 0) is 4.79 Å². The molecule has 2 atom stereocenters. The Bertz CT molecular complexity index is 465. The van der Waals surface area contributed by atoms with E-state index < -0.39 is 5.97 Å². The van der Waals surface area contributed by atoms with Gasteiger partial charge in [-0.15, -0.1) is 0 Å². The van der Waals surface area contributed by atoms with Crippen LogP contribution in [0.15, 0.2) is 24.3 Å². The summed E-state index contributed by atoms with van der Waals surface area (Å²) in [5, 5.41) is 9.46. The van der Waals surface area contributed by atoms with Gasteiger partial charge in [-0.1, -0.05) is 32.0 Å². The van der Waals surface area contributed by atoms with Crippen LogP contribution in [0.2, 0.25) is 0 Å². The van der Waals surface area contributed by atoms with Gasteiger partial charge in [0.1, 0.15) is 5.75 Å². The van der Waals surface area contributed by atoms with Crippen molar-refractivity contribution in [2.45, 2.75) is 39.0 Å². The van der Waals surface area contributed by atoms with Gasteiger partial charge in [0.15, 0.2) is 0 Å². The van der Waals surface area contributed by atoms with Crippen molar-refractivity contribution in [2.75, 3.05) is 7.11 Å². The first-order valence-electron chi connectivity index (χ1n) is 6.80. The minimum Gasteiger partial charge on any atom is -0.496 e. The van der Waals surface area contributed by atoms with Crippen LogP contribution in [0.25, 0.3) is 0 Å². The summed E-state index contributed by atoms with van der Waals surface area (Å²) in [7, 11) is 1.64. The fourth-order valence-corrected chi connectivity index (χ4v) is 3.18. The van der Waals surface area contributed by atoms with Gasteiger partial charge in [-0.05, 0) is 36.3 Å². The molecule has 0 aromatic heterocycles. The van der Waals surface area contributed by atoms with Gasteiger partial charge < -0.3 is 9.84 Å². The van der Waals surface area contributed by atoms with Crippen LogP contribution in [0.5, 0.6) is 5.75 Å². The molecule has 2 unspecified atom stereocenters. The first kappa shape index (κ1) is 13.9. The van der Waals surface area contributed by atoms with Crippen molar-refractivity contribution in [3.8, 4) is 5.75 Å². The Morgan fingerprint density at radius 1 is 1.37 bits per heavy atom. The fourth-order valence-electron chi connectivity index (χ4n) is 3.18. The highest BCUT2D eigenvalue weighted by atomic mass is 16.5. The maximum absolute atomic E-state index is 11.5. The van der Waals surface area contributed by atoms with Crippen molar-refractivity contribution in [3.05, 3.63) is 29.8 Å². The second kappa shape index (κ2) is 5.24. The quantitative estimate of drug-likeness (QED) is 0.903. The summed E-state index contributed by atoms with van der Waals surface area (Å²) in [4.78, 5) is 11.5. The average Bonchev–Trinajstić information content (AvgIpc) is 2.37. The molecule has 0 saturated heterocycles. The van der Waals surface area contributed by atoms with Crippen LogP contribution < -0.4 is 4.74 Å². The number of carboxylic acid groups (broad SMARTS) is 1. The molecule has 0 bridgehead atoms. The van der Waals surface area contributed by atoms with Crippen LogP contribution in [0.4, 0.5) is 0 Å². The molecule has 1 aromatic rings. The van der Waals surface area contributed by atoms with Crippen LogP contribution >= 0.6 is 0 Å². The molecule has 3 nitrogen and oxygen atoms in total. The second-order valence-electron chi connectivity index (χ2n) is 6.20. The van der Waals surface area contributed by atoms with Gasteiger partial charge in [-0.25, -0.2) is 0 Å². The van der Waals surface area contributed by atoms with Crippen LogP contribution in [0.1, 0.15) is 44.6 Å². The van der Waals surface area contributed by atoms with Crippen molar-refractivity contribution in [3.63, 3.8) is 0 Å². The van der Waals surface area contributed by atoms with Gasteiger partial charge in [-0.2, -0.15) is 0 Å². The molecular formula is C16H22O3. The van der Waals surface area contributed by atoms with Crippen LogP contribution in [0.3, 0.4) is 0 Å². The van der Waals surface area contributed by atoms with Gasteiger partial charge >= 0.3 is 5.97 Å². The fraction of sp³-hybridized carbons (Fsp3) is 0.562. The predicted octanol–water partition coefficient (Wildman–Crippen LogP) is 3.69. The maximum Gasteiger partial charge on any atom is 0.307 e. The van der Waals surface area contributed by atoms with E-state index in [1.807, 2.05) is 24.3 Å². The molecule has 0 amide bonds. The number of rotatable bonds is 3. The third kappa shape index (κ3) is 2.91. The maximum atomic E-state index is 11.5. The van der Waals surface area contributed by atoms with E-state index in [1.165, 1.54) is 0 Å². The molecule has 0 heterocycles. The molecule has 0 radical (unpaired) electrons. The number of carbonyl (C=O) groups is 1. The first-order chi connectivity index (χ1) is 8.94. The molecule has 1 fully saturated rings. The van der Waals surface area contributed by atoms with E-state index in [4.69, 9.17) is 4.74 Å². The summed E-state index contributed by atoms with van der Waals surface area (Å²) in [5.41, 5.74) is 1.22. The summed E-state index contributed by atoms with van der Waals surface area (Å²) < 4.78 is 5.40. The molecule has 1 saturated carbocycles. The Morgan fingerprint density at radius 2 is 2.05 bits per heavy atom. The summed E-state index contributed by atoms with van der Waals surface area (Å²) in [6.07, 6.45) is 2.60. The Labute approximate surface area is 114 Å². The summed E-state index contributed by atoms with van der Waals surface area (Å²) >= 11 is 0. The molecule has 1 N–H and O–H groups in total. The number of methoxy groups -OCH3 is 1. The van der Waals surface area contributed by atoms with E-state index in [1.54, 1.807) is 7.11 Å². The first-order valence-corrected chi connectivity index (χ1v) is 6.80. The van der Waals surface area contributed by atoms with Gasteiger partial charge in [-0.3, -0.25) is 4.79 Å². The minimum absolute atomic E-state index is 0.0393. The van der Waals surface area contributed by atoms with Crippen LogP contribution in [-0.4, -0.2) is 18.2 Å². The largest absolute Gasteiger partial charge is 0.496 e. The Balaban J connectivity index is 2.39. The van der Waals surface area contributed by atoms with E-state index in [2.05, 4.69) is 13.8 Å². The number of carboxylic acids is 1. The van der Waals surface area contributed by atoms with Crippen molar-refractivity contribution in [1.29, 1.82) is 0 Å². The summed E-state index contributed by atoms with van der Waals surface area (Å²) in [6, 6.07) is 7.79. The number of ether oxygens (including phenoxy) is 1. The zero-order valence-corrected chi connectivity index (χ0v) is 11.8. The third-order valence-electron chi connectivity index (χ3n) is 4.25. The molecule has 19 heavy (non-hydrogen) atoms. The lowest BCUT2D eigenvalue weighted by molar-refractivity contribution is -0.144. The zero-order valence-electron chi connectivity index (χ0n) is 11.8. The predicted molar refractivity (Wildman–Crippen MR) is 74.5 cm³/mol. The highest BCUT2D eigenvalue weighted by Gasteiger charge is 2.40. The van der Waals surface area contributed by atoms with E-state index in [9.17, 15) is 9.90 Å². The lowest BCUT2D eigenvalue weighted by Crippen LogP contribution is -2.33. The standard InChI is InChI=1S/C16H22O3/c1-16(2)9-8-12(15(17)18)13(10-16)11-6-4-5-7-14(11)19-3/h4-7,12-13H,8-10H2,1-3H3,(H,17,18). The Hall–Kier alpha value is -1.51. The van der Waals surface area contributed by atoms with Gasteiger partial charge in [0.25, 0.3) is 0 Å². The molecule has 0 aliphatic heterocycles. The van der Waals surface area contributed by atoms with Crippen molar-refractivity contribution in [2.24, 2.45) is 11.3 Å². The zero-order chi connectivity index (χ0) is 14.0. The highest BCUT2D eigenvalue weighted by Crippen LogP contribution is 2.48. The molecule has 1 aliphatic carbocycles. The minimum atomic E-state index is -0.689. The summed E-state index contributed by atoms with van der Waals surface area (Å²) in [6.45, 7) is 4.43.